The van der Waals surface area contributed by atoms with E-state index in [-0.39, 0.29) is 6.54 Å². The molecule has 1 saturated carbocycles. The molecule has 2 atom stereocenters. The fourth-order valence-corrected chi connectivity index (χ4v) is 2.96. The minimum absolute atomic E-state index is 0.244. The van der Waals surface area contributed by atoms with Crippen LogP contribution in [0.1, 0.15) is 33.1 Å². The summed E-state index contributed by atoms with van der Waals surface area (Å²) < 4.78 is 31.3. The predicted octanol–water partition coefficient (Wildman–Crippen LogP) is 2.39. The van der Waals surface area contributed by atoms with E-state index >= 15 is 0 Å². The topological polar surface area (TPSA) is 21.3 Å². The SMILES string of the molecule is CC1CC(C)CC2(C1)NCC(F)(F)CO2. The van der Waals surface area contributed by atoms with Crippen LogP contribution >= 0.6 is 0 Å². The van der Waals surface area contributed by atoms with E-state index in [2.05, 4.69) is 19.2 Å². The number of nitrogens with one attached hydrogen (secondary N) is 1. The van der Waals surface area contributed by atoms with Gasteiger partial charge in [0.2, 0.25) is 0 Å². The first-order chi connectivity index (χ1) is 6.91. The van der Waals surface area contributed by atoms with E-state index in [0.29, 0.717) is 11.8 Å². The van der Waals surface area contributed by atoms with Crippen molar-refractivity contribution in [3.8, 4) is 0 Å². The number of rotatable bonds is 0. The van der Waals surface area contributed by atoms with Crippen molar-refractivity contribution >= 4 is 0 Å². The average molecular weight is 219 g/mol. The zero-order valence-corrected chi connectivity index (χ0v) is 9.35. The van der Waals surface area contributed by atoms with Gasteiger partial charge in [-0.25, -0.2) is 8.78 Å². The van der Waals surface area contributed by atoms with Crippen LogP contribution in [-0.2, 0) is 4.74 Å². The van der Waals surface area contributed by atoms with Crippen LogP contribution in [0.25, 0.3) is 0 Å². The maximum Gasteiger partial charge on any atom is 0.283 e. The van der Waals surface area contributed by atoms with Gasteiger partial charge in [-0.1, -0.05) is 13.8 Å². The Labute approximate surface area is 89.4 Å². The van der Waals surface area contributed by atoms with Crippen molar-refractivity contribution in [3.63, 3.8) is 0 Å². The first kappa shape index (κ1) is 11.3. The highest BCUT2D eigenvalue weighted by molar-refractivity contribution is 4.92. The van der Waals surface area contributed by atoms with Crippen LogP contribution in [0.3, 0.4) is 0 Å². The minimum Gasteiger partial charge on any atom is -0.354 e. The van der Waals surface area contributed by atoms with Crippen molar-refractivity contribution in [2.45, 2.75) is 44.8 Å². The largest absolute Gasteiger partial charge is 0.354 e. The second-order valence-electron chi connectivity index (χ2n) is 5.35. The lowest BCUT2D eigenvalue weighted by molar-refractivity contribution is -0.213. The zero-order valence-electron chi connectivity index (χ0n) is 9.35. The quantitative estimate of drug-likeness (QED) is 0.675. The van der Waals surface area contributed by atoms with Gasteiger partial charge in [0.15, 0.2) is 0 Å². The van der Waals surface area contributed by atoms with Crippen LogP contribution in [0, 0.1) is 11.8 Å². The molecule has 1 saturated heterocycles. The zero-order chi connectivity index (χ0) is 11.1. The second kappa shape index (κ2) is 3.67. The van der Waals surface area contributed by atoms with Gasteiger partial charge in [0.25, 0.3) is 5.92 Å². The predicted molar refractivity (Wildman–Crippen MR) is 53.8 cm³/mol. The average Bonchev–Trinajstić information content (AvgIpc) is 2.10. The molecule has 0 radical (unpaired) electrons. The van der Waals surface area contributed by atoms with Gasteiger partial charge >= 0.3 is 0 Å². The summed E-state index contributed by atoms with van der Waals surface area (Å²) >= 11 is 0. The molecule has 2 unspecified atom stereocenters. The van der Waals surface area contributed by atoms with Gasteiger partial charge in [-0.15, -0.1) is 0 Å². The molecule has 1 aliphatic heterocycles. The molecule has 1 heterocycles. The van der Waals surface area contributed by atoms with E-state index in [0.717, 1.165) is 12.8 Å². The molecule has 4 heteroatoms. The summed E-state index contributed by atoms with van der Waals surface area (Å²) in [6.07, 6.45) is 2.88. The Morgan fingerprint density at radius 3 is 2.27 bits per heavy atom. The Kier molecular flexibility index (Phi) is 2.75. The fourth-order valence-electron chi connectivity index (χ4n) is 2.96. The third-order valence-electron chi connectivity index (χ3n) is 3.39. The van der Waals surface area contributed by atoms with E-state index in [1.54, 1.807) is 0 Å². The molecule has 2 fully saturated rings. The normalized spacial score (nSPS) is 45.6. The summed E-state index contributed by atoms with van der Waals surface area (Å²) in [5, 5.41) is 2.91. The molecule has 0 aromatic rings. The standard InChI is InChI=1S/C11H19F2NO/c1-8-3-9(2)5-11(4-8)14-6-10(12,13)7-15-11/h8-9,14H,3-7H2,1-2H3. The minimum atomic E-state index is -2.70. The van der Waals surface area contributed by atoms with Crippen molar-refractivity contribution in [3.05, 3.63) is 0 Å². The Bertz CT molecular complexity index is 223. The maximum absolute atomic E-state index is 12.9. The van der Waals surface area contributed by atoms with Crippen LogP contribution in [0.2, 0.25) is 0 Å². The number of halogens is 2. The Hall–Kier alpha value is -0.220. The van der Waals surface area contributed by atoms with E-state index in [1.807, 2.05) is 0 Å². The monoisotopic (exact) mass is 219 g/mol. The summed E-state index contributed by atoms with van der Waals surface area (Å²) in [4.78, 5) is 0. The van der Waals surface area contributed by atoms with Crippen LogP contribution in [0.15, 0.2) is 0 Å². The van der Waals surface area contributed by atoms with Gasteiger partial charge < -0.3 is 4.74 Å². The van der Waals surface area contributed by atoms with Crippen LogP contribution in [0.5, 0.6) is 0 Å². The molecule has 1 spiro atoms. The molecule has 2 aliphatic rings. The molecular formula is C11H19F2NO. The molecule has 1 aliphatic carbocycles. The number of hydrogen-bond acceptors (Lipinski definition) is 2. The Morgan fingerprint density at radius 1 is 1.20 bits per heavy atom. The lowest BCUT2D eigenvalue weighted by atomic mass is 9.77. The van der Waals surface area contributed by atoms with Crippen molar-refractivity contribution in [1.82, 2.24) is 5.32 Å². The summed E-state index contributed by atoms with van der Waals surface area (Å²) in [5.74, 6) is -1.60. The molecular weight excluding hydrogens is 200 g/mol. The first-order valence-electron chi connectivity index (χ1n) is 5.68. The Morgan fingerprint density at radius 2 is 1.80 bits per heavy atom. The van der Waals surface area contributed by atoms with Gasteiger partial charge in [-0.05, 0) is 31.1 Å². The van der Waals surface area contributed by atoms with E-state index in [4.69, 9.17) is 4.74 Å². The molecule has 0 bridgehead atoms. The number of alkyl halides is 2. The smallest absolute Gasteiger partial charge is 0.283 e. The van der Waals surface area contributed by atoms with Gasteiger partial charge in [0, 0.05) is 0 Å². The molecule has 15 heavy (non-hydrogen) atoms. The first-order valence-corrected chi connectivity index (χ1v) is 5.68. The molecule has 0 amide bonds. The summed E-state index contributed by atoms with van der Waals surface area (Å²) in [5.41, 5.74) is -0.473. The fraction of sp³-hybridized carbons (Fsp3) is 1.00. The molecule has 0 aromatic heterocycles. The van der Waals surface area contributed by atoms with Crippen molar-refractivity contribution in [1.29, 1.82) is 0 Å². The van der Waals surface area contributed by atoms with Crippen molar-refractivity contribution in [2.24, 2.45) is 11.8 Å². The third-order valence-corrected chi connectivity index (χ3v) is 3.39. The van der Waals surface area contributed by atoms with Crippen molar-refractivity contribution < 1.29 is 13.5 Å². The summed E-state index contributed by atoms with van der Waals surface area (Å²) in [7, 11) is 0. The molecule has 2 nitrogen and oxygen atoms in total. The molecule has 2 rings (SSSR count). The van der Waals surface area contributed by atoms with E-state index in [1.165, 1.54) is 6.42 Å². The van der Waals surface area contributed by atoms with E-state index < -0.39 is 18.3 Å². The molecule has 88 valence electrons. The number of hydrogen-bond donors (Lipinski definition) is 1. The van der Waals surface area contributed by atoms with Crippen LogP contribution < -0.4 is 5.32 Å². The highest BCUT2D eigenvalue weighted by Gasteiger charge is 2.47. The summed E-state index contributed by atoms with van der Waals surface area (Å²) in [6.45, 7) is 3.65. The second-order valence-corrected chi connectivity index (χ2v) is 5.35. The van der Waals surface area contributed by atoms with Gasteiger partial charge in [0.1, 0.15) is 12.3 Å². The van der Waals surface area contributed by atoms with Gasteiger partial charge in [-0.3, -0.25) is 5.32 Å². The maximum atomic E-state index is 12.9. The van der Waals surface area contributed by atoms with Crippen molar-refractivity contribution in [2.75, 3.05) is 13.2 Å². The lowest BCUT2D eigenvalue weighted by Gasteiger charge is -2.47. The summed E-state index contributed by atoms with van der Waals surface area (Å²) in [6, 6.07) is 0. The molecule has 0 aromatic carbocycles. The Balaban J connectivity index is 2.02. The van der Waals surface area contributed by atoms with Gasteiger partial charge in [0.05, 0.1) is 6.54 Å². The molecule has 1 N–H and O–H groups in total. The van der Waals surface area contributed by atoms with Crippen LogP contribution in [0.4, 0.5) is 8.78 Å². The lowest BCUT2D eigenvalue weighted by Crippen LogP contribution is -2.61. The van der Waals surface area contributed by atoms with E-state index in [9.17, 15) is 8.78 Å². The number of ether oxygens (including phenoxy) is 1. The highest BCUT2D eigenvalue weighted by Crippen LogP contribution is 2.39. The third kappa shape index (κ3) is 2.48. The van der Waals surface area contributed by atoms with Gasteiger partial charge in [-0.2, -0.15) is 0 Å². The van der Waals surface area contributed by atoms with Crippen LogP contribution in [-0.4, -0.2) is 24.8 Å². The highest BCUT2D eigenvalue weighted by atomic mass is 19.3.